The van der Waals surface area contributed by atoms with Gasteiger partial charge in [-0.05, 0) is 17.7 Å². The van der Waals surface area contributed by atoms with Crippen LogP contribution in [0.25, 0.3) is 0 Å². The fraction of sp³-hybridized carbons (Fsp3) is 0.100. The van der Waals surface area contributed by atoms with Crippen LogP contribution in [-0.4, -0.2) is 28.4 Å². The van der Waals surface area contributed by atoms with E-state index in [-0.39, 0.29) is 18.9 Å². The van der Waals surface area contributed by atoms with Gasteiger partial charge in [-0.15, -0.1) is 0 Å². The molecule has 0 aliphatic carbocycles. The van der Waals surface area contributed by atoms with Gasteiger partial charge in [-0.25, -0.2) is 4.98 Å². The number of hydrogen-bond donors (Lipinski definition) is 0. The van der Waals surface area contributed by atoms with Gasteiger partial charge in [0.2, 0.25) is 0 Å². The maximum atomic E-state index is 5.86. The first-order valence-electron chi connectivity index (χ1n) is 4.05. The minimum absolute atomic E-state index is 0. The molecule has 14 heavy (non-hydrogen) atoms. The van der Waals surface area contributed by atoms with Crippen molar-refractivity contribution in [3.8, 4) is 0 Å². The van der Waals surface area contributed by atoms with Gasteiger partial charge < -0.3 is 4.57 Å². The molecule has 0 spiro atoms. The summed E-state index contributed by atoms with van der Waals surface area (Å²) in [5.41, 5.74) is 1.19. The molecule has 0 aliphatic rings. The Labute approximate surface area is 100 Å². The molecule has 1 radical (unpaired) electrons. The first-order chi connectivity index (χ1) is 6.34. The van der Waals surface area contributed by atoms with E-state index < -0.39 is 0 Å². The Morgan fingerprint density at radius 2 is 2.21 bits per heavy atom. The Balaban J connectivity index is 0.000000980. The predicted octanol–water partition coefficient (Wildman–Crippen LogP) is 2.20. The van der Waals surface area contributed by atoms with Crippen LogP contribution in [0.15, 0.2) is 43.0 Å². The molecule has 67 valence electrons. The quantitative estimate of drug-likeness (QED) is 0.678. The second-order valence-electron chi connectivity index (χ2n) is 2.86. The van der Waals surface area contributed by atoms with Crippen LogP contribution in [0.2, 0.25) is 5.02 Å². The van der Waals surface area contributed by atoms with Crippen LogP contribution in [0.5, 0.6) is 0 Å². The molecular weight excluding hydrogens is 191 g/mol. The van der Waals surface area contributed by atoms with Crippen molar-refractivity contribution in [1.29, 1.82) is 0 Å². The molecule has 0 aliphatic heterocycles. The molecule has 0 amide bonds. The fourth-order valence-electron chi connectivity index (χ4n) is 1.23. The molecule has 0 saturated carbocycles. The van der Waals surface area contributed by atoms with Gasteiger partial charge in [0.15, 0.2) is 0 Å². The normalized spacial score (nSPS) is 9.50. The molecule has 0 fully saturated rings. The number of aromatic nitrogens is 2. The van der Waals surface area contributed by atoms with Gasteiger partial charge in [-0.3, -0.25) is 0 Å². The van der Waals surface area contributed by atoms with E-state index in [1.807, 2.05) is 35.0 Å². The van der Waals surface area contributed by atoms with E-state index in [4.69, 9.17) is 11.6 Å². The predicted molar refractivity (Wildman–Crippen MR) is 58.5 cm³/mol. The van der Waals surface area contributed by atoms with Crippen molar-refractivity contribution in [2.45, 2.75) is 6.54 Å². The number of imidazole rings is 1. The van der Waals surface area contributed by atoms with Crippen molar-refractivity contribution in [1.82, 2.24) is 9.55 Å². The SMILES string of the molecule is Clc1cccc(Cn2ccnc2)c1.[Li]. The van der Waals surface area contributed by atoms with Crippen molar-refractivity contribution in [2.24, 2.45) is 0 Å². The molecule has 4 heteroatoms. The second-order valence-corrected chi connectivity index (χ2v) is 3.30. The van der Waals surface area contributed by atoms with E-state index in [1.54, 1.807) is 12.5 Å². The zero-order valence-corrected chi connectivity index (χ0v) is 8.78. The van der Waals surface area contributed by atoms with Gasteiger partial charge in [0.1, 0.15) is 0 Å². The number of nitrogens with zero attached hydrogens (tertiary/aromatic N) is 2. The second kappa shape index (κ2) is 5.26. The van der Waals surface area contributed by atoms with Gasteiger partial charge >= 0.3 is 0 Å². The Morgan fingerprint density at radius 3 is 2.86 bits per heavy atom. The summed E-state index contributed by atoms with van der Waals surface area (Å²) in [5, 5.41) is 0.776. The van der Waals surface area contributed by atoms with Crippen LogP contribution in [0.4, 0.5) is 0 Å². The summed E-state index contributed by atoms with van der Waals surface area (Å²) in [5.74, 6) is 0. The maximum Gasteiger partial charge on any atom is 0.0949 e. The van der Waals surface area contributed by atoms with Crippen molar-refractivity contribution in [3.63, 3.8) is 0 Å². The number of benzene rings is 1. The molecule has 0 atom stereocenters. The zero-order valence-electron chi connectivity index (χ0n) is 8.02. The largest absolute Gasteiger partial charge is 0.333 e. The van der Waals surface area contributed by atoms with Crippen molar-refractivity contribution in [2.75, 3.05) is 0 Å². The van der Waals surface area contributed by atoms with Gasteiger partial charge in [0.25, 0.3) is 0 Å². The Kier molecular flexibility index (Phi) is 4.28. The van der Waals surface area contributed by atoms with Crippen molar-refractivity contribution in [3.05, 3.63) is 53.6 Å². The van der Waals surface area contributed by atoms with Crippen LogP contribution in [0.1, 0.15) is 5.56 Å². The number of hydrogen-bond acceptors (Lipinski definition) is 1. The molecule has 2 aromatic rings. The molecule has 0 bridgehead atoms. The smallest absolute Gasteiger partial charge is 0.0949 e. The topological polar surface area (TPSA) is 17.8 Å². The summed E-state index contributed by atoms with van der Waals surface area (Å²) in [4.78, 5) is 3.97. The minimum Gasteiger partial charge on any atom is -0.333 e. The maximum absolute atomic E-state index is 5.86. The van der Waals surface area contributed by atoms with Gasteiger partial charge in [0, 0.05) is 42.8 Å². The summed E-state index contributed by atoms with van der Waals surface area (Å²) in [6, 6.07) is 7.83. The Hall–Kier alpha value is -0.683. The minimum atomic E-state index is 0. The van der Waals surface area contributed by atoms with Crippen LogP contribution >= 0.6 is 11.6 Å². The summed E-state index contributed by atoms with van der Waals surface area (Å²) >= 11 is 5.86. The monoisotopic (exact) mass is 199 g/mol. The van der Waals surface area contributed by atoms with Crippen LogP contribution < -0.4 is 0 Å². The molecular formula is C10H9ClLiN2. The van der Waals surface area contributed by atoms with Crippen LogP contribution in [0.3, 0.4) is 0 Å². The summed E-state index contributed by atoms with van der Waals surface area (Å²) in [7, 11) is 0. The van der Waals surface area contributed by atoms with E-state index in [1.165, 1.54) is 5.56 Å². The van der Waals surface area contributed by atoms with Crippen molar-refractivity contribution >= 4 is 30.5 Å². The fourth-order valence-corrected chi connectivity index (χ4v) is 1.44. The molecule has 0 N–H and O–H groups in total. The molecule has 0 saturated heterocycles. The standard InChI is InChI=1S/C10H9ClN2.Li/c11-10-3-1-2-9(6-10)7-13-5-4-12-8-13;/h1-6,8H,7H2;. The third-order valence-electron chi connectivity index (χ3n) is 1.81. The number of halogens is 1. The Morgan fingerprint density at radius 1 is 1.36 bits per heavy atom. The van der Waals surface area contributed by atoms with E-state index in [9.17, 15) is 0 Å². The zero-order chi connectivity index (χ0) is 9.10. The average molecular weight is 200 g/mol. The molecule has 1 heterocycles. The third kappa shape index (κ3) is 2.92. The molecule has 1 aromatic heterocycles. The van der Waals surface area contributed by atoms with Gasteiger partial charge in [-0.2, -0.15) is 0 Å². The summed E-state index contributed by atoms with van der Waals surface area (Å²) in [6.45, 7) is 0.820. The van der Waals surface area contributed by atoms with Gasteiger partial charge in [-0.1, -0.05) is 23.7 Å². The van der Waals surface area contributed by atoms with Gasteiger partial charge in [0.05, 0.1) is 6.33 Å². The molecule has 2 nitrogen and oxygen atoms in total. The first-order valence-corrected chi connectivity index (χ1v) is 4.42. The third-order valence-corrected chi connectivity index (χ3v) is 2.05. The number of rotatable bonds is 2. The van der Waals surface area contributed by atoms with E-state index in [2.05, 4.69) is 4.98 Å². The summed E-state index contributed by atoms with van der Waals surface area (Å²) < 4.78 is 2.01. The molecule has 2 rings (SSSR count). The average Bonchev–Trinajstić information content (AvgIpc) is 2.57. The molecule has 1 aromatic carbocycles. The van der Waals surface area contributed by atoms with E-state index >= 15 is 0 Å². The van der Waals surface area contributed by atoms with Crippen molar-refractivity contribution < 1.29 is 0 Å². The summed E-state index contributed by atoms with van der Waals surface area (Å²) in [6.07, 6.45) is 5.49. The first kappa shape index (κ1) is 11.4. The van der Waals surface area contributed by atoms with E-state index in [0.717, 1.165) is 11.6 Å². The molecule has 0 unspecified atom stereocenters. The van der Waals surface area contributed by atoms with Crippen LogP contribution in [-0.2, 0) is 6.54 Å². The van der Waals surface area contributed by atoms with E-state index in [0.29, 0.717) is 0 Å². The Bertz CT molecular complexity index is 387. The van der Waals surface area contributed by atoms with Crippen LogP contribution in [0, 0.1) is 0 Å².